The molecule has 0 aromatic rings. The van der Waals surface area contributed by atoms with Crippen LogP contribution >= 0.6 is 10.8 Å². The highest BCUT2D eigenvalue weighted by Crippen LogP contribution is 2.47. The normalized spacial score (nSPS) is 38.7. The molecule has 2 nitrogen and oxygen atoms in total. The summed E-state index contributed by atoms with van der Waals surface area (Å²) in [5.41, 5.74) is 0. The molecule has 2 aliphatic rings. The summed E-state index contributed by atoms with van der Waals surface area (Å²) < 4.78 is 26.7. The zero-order chi connectivity index (χ0) is 18.1. The second-order valence-electron chi connectivity index (χ2n) is 9.32. The van der Waals surface area contributed by atoms with Crippen molar-refractivity contribution in [2.24, 2.45) is 35.5 Å². The lowest BCUT2D eigenvalue weighted by Crippen LogP contribution is -2.39. The molecule has 0 aromatic heterocycles. The molecule has 2 saturated carbocycles. The Morgan fingerprint density at radius 1 is 0.792 bits per heavy atom. The lowest BCUT2D eigenvalue weighted by molar-refractivity contribution is 0.237. The summed E-state index contributed by atoms with van der Waals surface area (Å²) in [4.78, 5) is 0. The minimum absolute atomic E-state index is 0.128. The molecule has 0 aliphatic heterocycles. The van der Waals surface area contributed by atoms with E-state index in [1.807, 2.05) is 0 Å². The molecule has 0 heterocycles. The molecule has 4 heteroatoms. The van der Waals surface area contributed by atoms with Crippen LogP contribution in [0.1, 0.15) is 80.1 Å². The van der Waals surface area contributed by atoms with Crippen LogP contribution in [-0.4, -0.2) is 18.9 Å². The number of rotatable bonds is 5. The molecule has 0 radical (unpaired) electrons. The van der Waals surface area contributed by atoms with E-state index in [2.05, 4.69) is 41.5 Å². The average Bonchev–Trinajstić information content (AvgIpc) is 2.46. The van der Waals surface area contributed by atoms with Gasteiger partial charge in [-0.15, -0.1) is 0 Å². The van der Waals surface area contributed by atoms with E-state index in [0.29, 0.717) is 40.8 Å². The van der Waals surface area contributed by atoms with Crippen molar-refractivity contribution in [3.8, 4) is 0 Å². The monoisotopic (exact) mass is 374 g/mol. The molecule has 0 unspecified atom stereocenters. The highest BCUT2D eigenvalue weighted by molar-refractivity contribution is 8.72. The van der Waals surface area contributed by atoms with Crippen LogP contribution in [0.25, 0.3) is 0 Å². The van der Waals surface area contributed by atoms with Gasteiger partial charge in [0.2, 0.25) is 8.87 Å². The molecule has 6 atom stereocenters. The highest BCUT2D eigenvalue weighted by atomic mass is 33.1. The van der Waals surface area contributed by atoms with Crippen LogP contribution in [0, 0.1) is 35.5 Å². The molecule has 142 valence electrons. The zero-order valence-electron chi connectivity index (χ0n) is 16.5. The van der Waals surface area contributed by atoms with Gasteiger partial charge >= 0.3 is 0 Å². The van der Waals surface area contributed by atoms with Gasteiger partial charge in [-0.2, -0.15) is 0 Å². The van der Waals surface area contributed by atoms with Gasteiger partial charge in [0, 0.05) is 5.25 Å². The summed E-state index contributed by atoms with van der Waals surface area (Å²) in [7, 11) is -1.72. The molecule has 2 fully saturated rings. The molecule has 0 N–H and O–H groups in total. The fraction of sp³-hybridized carbons (Fsp3) is 1.00. The fourth-order valence-corrected chi connectivity index (χ4v) is 10.6. The van der Waals surface area contributed by atoms with Crippen molar-refractivity contribution in [2.75, 3.05) is 0 Å². The van der Waals surface area contributed by atoms with Gasteiger partial charge in [0.1, 0.15) is 0 Å². The Morgan fingerprint density at radius 3 is 1.83 bits per heavy atom. The quantitative estimate of drug-likeness (QED) is 0.556. The molecule has 0 spiro atoms. The van der Waals surface area contributed by atoms with Crippen molar-refractivity contribution >= 4 is 19.7 Å². The summed E-state index contributed by atoms with van der Waals surface area (Å²) in [6, 6.07) is 0. The third kappa shape index (κ3) is 4.93. The van der Waals surface area contributed by atoms with Crippen LogP contribution in [0.15, 0.2) is 0 Å². The molecular weight excluding hydrogens is 336 g/mol. The predicted octanol–water partition coefficient (Wildman–Crippen LogP) is 5.97. The topological polar surface area (TPSA) is 34.1 Å². The van der Waals surface area contributed by atoms with E-state index in [0.717, 1.165) is 19.3 Å². The summed E-state index contributed by atoms with van der Waals surface area (Å²) >= 11 is 0. The minimum atomic E-state index is -3.08. The van der Waals surface area contributed by atoms with Gasteiger partial charge in [-0.05, 0) is 72.0 Å². The number of hydrogen-bond acceptors (Lipinski definition) is 3. The van der Waals surface area contributed by atoms with Crippen LogP contribution in [-0.2, 0) is 8.87 Å². The highest BCUT2D eigenvalue weighted by Gasteiger charge is 2.43. The Morgan fingerprint density at radius 2 is 1.29 bits per heavy atom. The smallest absolute Gasteiger partial charge is 0.204 e. The van der Waals surface area contributed by atoms with Gasteiger partial charge < -0.3 is 0 Å². The molecule has 24 heavy (non-hydrogen) atoms. The van der Waals surface area contributed by atoms with Crippen molar-refractivity contribution in [3.05, 3.63) is 0 Å². The molecule has 0 aromatic carbocycles. The van der Waals surface area contributed by atoms with Gasteiger partial charge in [0.25, 0.3) is 0 Å². The first-order chi connectivity index (χ1) is 11.1. The molecule has 0 saturated heterocycles. The van der Waals surface area contributed by atoms with Crippen LogP contribution in [0.3, 0.4) is 0 Å². The third-order valence-corrected chi connectivity index (χ3v) is 11.2. The van der Waals surface area contributed by atoms with E-state index >= 15 is 0 Å². The maximum atomic E-state index is 13.4. The second-order valence-corrected chi connectivity index (χ2v) is 13.7. The molecule has 0 amide bonds. The van der Waals surface area contributed by atoms with Crippen molar-refractivity contribution in [2.45, 2.75) is 90.6 Å². The summed E-state index contributed by atoms with van der Waals surface area (Å²) in [5.74, 6) is 3.16. The number of hydrogen-bond donors (Lipinski definition) is 0. The Kier molecular flexibility index (Phi) is 7.15. The standard InChI is InChI=1S/C20H38O2S2/c1-13(2)17-9-7-15(5)11-19(17)23-24(21,22)20-12-16(6)8-10-18(20)14(3)4/h13-20H,7-12H2,1-6H3/t15-,16-,17+,18+,19+,20+/m1/s1. The first-order valence-electron chi connectivity index (χ1n) is 10.0. The van der Waals surface area contributed by atoms with Crippen molar-refractivity contribution in [1.82, 2.24) is 0 Å². The van der Waals surface area contributed by atoms with Crippen LogP contribution in [0.2, 0.25) is 0 Å². The fourth-order valence-electron chi connectivity index (χ4n) is 4.92. The van der Waals surface area contributed by atoms with Gasteiger partial charge in [0.05, 0.1) is 5.25 Å². The van der Waals surface area contributed by atoms with E-state index in [4.69, 9.17) is 0 Å². The average molecular weight is 375 g/mol. The lowest BCUT2D eigenvalue weighted by atomic mass is 9.77. The van der Waals surface area contributed by atoms with E-state index < -0.39 is 8.87 Å². The Labute approximate surface area is 154 Å². The van der Waals surface area contributed by atoms with Gasteiger partial charge in [-0.25, -0.2) is 8.42 Å². The van der Waals surface area contributed by atoms with Crippen molar-refractivity contribution < 1.29 is 8.42 Å². The summed E-state index contributed by atoms with van der Waals surface area (Å²) in [5, 5.41) is 0.167. The van der Waals surface area contributed by atoms with Crippen LogP contribution < -0.4 is 0 Å². The zero-order valence-corrected chi connectivity index (χ0v) is 18.1. The van der Waals surface area contributed by atoms with Crippen LogP contribution in [0.5, 0.6) is 0 Å². The largest absolute Gasteiger partial charge is 0.217 e. The minimum Gasteiger partial charge on any atom is -0.217 e. The molecule has 2 rings (SSSR count). The predicted molar refractivity (Wildman–Crippen MR) is 107 cm³/mol. The van der Waals surface area contributed by atoms with E-state index in [1.54, 1.807) is 0 Å². The van der Waals surface area contributed by atoms with E-state index in [1.165, 1.54) is 30.1 Å². The van der Waals surface area contributed by atoms with E-state index in [9.17, 15) is 8.42 Å². The van der Waals surface area contributed by atoms with Crippen molar-refractivity contribution in [3.63, 3.8) is 0 Å². The Hall–Kier alpha value is 0.300. The summed E-state index contributed by atoms with van der Waals surface area (Å²) in [6.07, 6.45) is 6.66. The first-order valence-corrected chi connectivity index (χ1v) is 13.0. The molecular formula is C20H38O2S2. The molecule has 0 bridgehead atoms. The van der Waals surface area contributed by atoms with Crippen LogP contribution in [0.4, 0.5) is 0 Å². The van der Waals surface area contributed by atoms with Crippen molar-refractivity contribution in [1.29, 1.82) is 0 Å². The Balaban J connectivity index is 2.18. The third-order valence-electron chi connectivity index (χ3n) is 6.55. The van der Waals surface area contributed by atoms with Gasteiger partial charge in [-0.1, -0.05) is 54.4 Å². The maximum Gasteiger partial charge on any atom is 0.204 e. The van der Waals surface area contributed by atoms with Gasteiger partial charge in [0.15, 0.2) is 0 Å². The first kappa shape index (κ1) is 20.6. The van der Waals surface area contributed by atoms with Gasteiger partial charge in [-0.3, -0.25) is 0 Å². The second kappa shape index (κ2) is 8.33. The summed E-state index contributed by atoms with van der Waals surface area (Å²) in [6.45, 7) is 13.4. The molecule has 2 aliphatic carbocycles. The Bertz CT molecular complexity index is 498. The maximum absolute atomic E-state index is 13.4. The SMILES string of the molecule is CC(C)[C@@H]1CC[C@@H](C)C[C@@H]1SS(=O)(=O)[C@H]1C[C@H](C)CC[C@H]1C(C)C. The lowest BCUT2D eigenvalue weighted by Gasteiger charge is -2.40. The van der Waals surface area contributed by atoms with E-state index in [-0.39, 0.29) is 5.25 Å².